The van der Waals surface area contributed by atoms with Crippen molar-refractivity contribution in [2.45, 2.75) is 38.6 Å². The maximum Gasteiger partial charge on any atom is 0.260 e. The number of hydrogen-bond acceptors (Lipinski definition) is 3. The van der Waals surface area contributed by atoms with E-state index in [9.17, 15) is 9.59 Å². The van der Waals surface area contributed by atoms with Gasteiger partial charge in [-0.3, -0.25) is 14.5 Å². The molecule has 0 radical (unpaired) electrons. The molecule has 0 saturated carbocycles. The van der Waals surface area contributed by atoms with Crippen LogP contribution >= 0.6 is 0 Å². The molecule has 1 aromatic carbocycles. The standard InChI is InChI=1S/C15H20N2O2/c1-3-4-5-13(16)11-7-6-10-9-14(18)17(2)15(19)12(10)8-11/h6-8,13H,3-5,9,16H2,1-2H3. The molecule has 19 heavy (non-hydrogen) atoms. The number of carbonyl (C=O) groups is 2. The summed E-state index contributed by atoms with van der Waals surface area (Å²) < 4.78 is 0. The summed E-state index contributed by atoms with van der Waals surface area (Å²) in [6, 6.07) is 5.60. The first-order valence-electron chi connectivity index (χ1n) is 6.74. The smallest absolute Gasteiger partial charge is 0.260 e. The number of imide groups is 1. The third-order valence-corrected chi connectivity index (χ3v) is 3.68. The highest BCUT2D eigenvalue weighted by Gasteiger charge is 2.28. The number of likely N-dealkylation sites (N-methyl/N-ethyl adjacent to an activating group) is 1. The van der Waals surface area contributed by atoms with Crippen LogP contribution < -0.4 is 5.73 Å². The highest BCUT2D eigenvalue weighted by atomic mass is 16.2. The molecule has 0 aromatic heterocycles. The summed E-state index contributed by atoms with van der Waals surface area (Å²) in [5.74, 6) is -0.378. The Kier molecular flexibility index (Phi) is 4.00. The van der Waals surface area contributed by atoms with Gasteiger partial charge >= 0.3 is 0 Å². The maximum absolute atomic E-state index is 12.1. The van der Waals surface area contributed by atoms with Gasteiger partial charge in [-0.05, 0) is 23.6 Å². The van der Waals surface area contributed by atoms with Gasteiger partial charge in [-0.2, -0.15) is 0 Å². The van der Waals surface area contributed by atoms with Crippen LogP contribution in [0.1, 0.15) is 53.7 Å². The topological polar surface area (TPSA) is 63.4 Å². The zero-order chi connectivity index (χ0) is 14.0. The normalized spacial score (nSPS) is 16.5. The lowest BCUT2D eigenvalue weighted by atomic mass is 9.93. The van der Waals surface area contributed by atoms with Gasteiger partial charge in [0, 0.05) is 18.7 Å². The third-order valence-electron chi connectivity index (χ3n) is 3.68. The molecular formula is C15H20N2O2. The predicted octanol–water partition coefficient (Wildman–Crippen LogP) is 2.03. The Labute approximate surface area is 113 Å². The summed E-state index contributed by atoms with van der Waals surface area (Å²) in [6.45, 7) is 2.13. The molecule has 2 rings (SSSR count). The van der Waals surface area contributed by atoms with Crippen molar-refractivity contribution in [1.82, 2.24) is 4.90 Å². The van der Waals surface area contributed by atoms with E-state index in [1.165, 1.54) is 11.9 Å². The molecule has 2 N–H and O–H groups in total. The van der Waals surface area contributed by atoms with Gasteiger partial charge in [0.05, 0.1) is 6.42 Å². The van der Waals surface area contributed by atoms with Gasteiger partial charge in [0.15, 0.2) is 0 Å². The van der Waals surface area contributed by atoms with Crippen LogP contribution in [0.4, 0.5) is 0 Å². The predicted molar refractivity (Wildman–Crippen MR) is 73.7 cm³/mol. The number of benzene rings is 1. The Balaban J connectivity index is 2.28. The Morgan fingerprint density at radius 2 is 2.11 bits per heavy atom. The lowest BCUT2D eigenvalue weighted by molar-refractivity contribution is -0.127. The number of hydrogen-bond donors (Lipinski definition) is 1. The van der Waals surface area contributed by atoms with E-state index in [-0.39, 0.29) is 17.9 Å². The van der Waals surface area contributed by atoms with Crippen molar-refractivity contribution in [2.24, 2.45) is 5.73 Å². The van der Waals surface area contributed by atoms with Gasteiger partial charge in [0.25, 0.3) is 5.91 Å². The molecule has 1 heterocycles. The van der Waals surface area contributed by atoms with Crippen LogP contribution in [-0.4, -0.2) is 23.8 Å². The Morgan fingerprint density at radius 1 is 1.37 bits per heavy atom. The minimum Gasteiger partial charge on any atom is -0.324 e. The first-order valence-corrected chi connectivity index (χ1v) is 6.74. The van der Waals surface area contributed by atoms with Gasteiger partial charge in [-0.15, -0.1) is 0 Å². The fourth-order valence-electron chi connectivity index (χ4n) is 2.34. The molecule has 4 heteroatoms. The van der Waals surface area contributed by atoms with Crippen molar-refractivity contribution < 1.29 is 9.59 Å². The van der Waals surface area contributed by atoms with Crippen LogP contribution in [0.5, 0.6) is 0 Å². The van der Waals surface area contributed by atoms with Crippen molar-refractivity contribution in [3.63, 3.8) is 0 Å². The Hall–Kier alpha value is -1.68. The largest absolute Gasteiger partial charge is 0.324 e. The second-order valence-corrected chi connectivity index (χ2v) is 5.10. The molecule has 1 aromatic rings. The fraction of sp³-hybridized carbons (Fsp3) is 0.467. The molecule has 1 aliphatic heterocycles. The summed E-state index contributed by atoms with van der Waals surface area (Å²) in [5, 5.41) is 0. The van der Waals surface area contributed by atoms with E-state index in [1.54, 1.807) is 0 Å². The molecule has 1 unspecified atom stereocenters. The number of rotatable bonds is 4. The summed E-state index contributed by atoms with van der Waals surface area (Å²) in [7, 11) is 1.53. The Morgan fingerprint density at radius 3 is 2.79 bits per heavy atom. The molecule has 102 valence electrons. The number of unbranched alkanes of at least 4 members (excludes halogenated alkanes) is 1. The first-order chi connectivity index (χ1) is 9.04. The second kappa shape index (κ2) is 5.53. The molecule has 1 atom stereocenters. The van der Waals surface area contributed by atoms with E-state index in [0.29, 0.717) is 12.0 Å². The molecular weight excluding hydrogens is 240 g/mol. The minimum atomic E-state index is -0.226. The molecule has 1 aliphatic rings. The number of nitrogens with zero attached hydrogens (tertiary/aromatic N) is 1. The highest BCUT2D eigenvalue weighted by molar-refractivity contribution is 6.09. The molecule has 4 nitrogen and oxygen atoms in total. The van der Waals surface area contributed by atoms with E-state index in [1.807, 2.05) is 18.2 Å². The van der Waals surface area contributed by atoms with Crippen LogP contribution in [0.3, 0.4) is 0 Å². The van der Waals surface area contributed by atoms with Crippen LogP contribution in [0.2, 0.25) is 0 Å². The van der Waals surface area contributed by atoms with Crippen molar-refractivity contribution in [3.05, 3.63) is 34.9 Å². The summed E-state index contributed by atoms with van der Waals surface area (Å²) in [5.41, 5.74) is 8.53. The molecule has 0 bridgehead atoms. The van der Waals surface area contributed by atoms with Crippen LogP contribution in [0, 0.1) is 0 Å². The molecule has 2 amide bonds. The van der Waals surface area contributed by atoms with E-state index in [4.69, 9.17) is 5.73 Å². The van der Waals surface area contributed by atoms with Gasteiger partial charge < -0.3 is 5.73 Å². The van der Waals surface area contributed by atoms with Crippen LogP contribution in [0.25, 0.3) is 0 Å². The zero-order valence-corrected chi connectivity index (χ0v) is 11.5. The van der Waals surface area contributed by atoms with E-state index in [2.05, 4.69) is 6.92 Å². The quantitative estimate of drug-likeness (QED) is 0.842. The van der Waals surface area contributed by atoms with Crippen molar-refractivity contribution in [3.8, 4) is 0 Å². The second-order valence-electron chi connectivity index (χ2n) is 5.10. The molecule has 0 saturated heterocycles. The minimum absolute atomic E-state index is 0.0408. The number of nitrogens with two attached hydrogens (primary N) is 1. The molecule has 0 fully saturated rings. The SMILES string of the molecule is CCCCC(N)c1ccc2c(c1)C(=O)N(C)C(=O)C2. The van der Waals surface area contributed by atoms with Crippen molar-refractivity contribution in [1.29, 1.82) is 0 Å². The monoisotopic (exact) mass is 260 g/mol. The van der Waals surface area contributed by atoms with Crippen molar-refractivity contribution >= 4 is 11.8 Å². The lowest BCUT2D eigenvalue weighted by Crippen LogP contribution is -2.39. The maximum atomic E-state index is 12.1. The van der Waals surface area contributed by atoms with Gasteiger partial charge in [-0.1, -0.05) is 31.9 Å². The summed E-state index contributed by atoms with van der Waals surface area (Å²) in [6.07, 6.45) is 3.39. The number of carbonyl (C=O) groups excluding carboxylic acids is 2. The average molecular weight is 260 g/mol. The molecule has 0 aliphatic carbocycles. The summed E-state index contributed by atoms with van der Waals surface area (Å²) in [4.78, 5) is 24.9. The van der Waals surface area contributed by atoms with Gasteiger partial charge in [0.1, 0.15) is 0 Å². The first kappa shape index (κ1) is 13.7. The van der Waals surface area contributed by atoms with Gasteiger partial charge in [0.2, 0.25) is 5.91 Å². The van der Waals surface area contributed by atoms with E-state index in [0.717, 1.165) is 30.4 Å². The fourth-order valence-corrected chi connectivity index (χ4v) is 2.34. The van der Waals surface area contributed by atoms with E-state index < -0.39 is 0 Å². The molecule has 0 spiro atoms. The van der Waals surface area contributed by atoms with Crippen molar-refractivity contribution in [2.75, 3.05) is 7.05 Å². The highest BCUT2D eigenvalue weighted by Crippen LogP contribution is 2.24. The third kappa shape index (κ3) is 2.68. The van der Waals surface area contributed by atoms with E-state index >= 15 is 0 Å². The zero-order valence-electron chi connectivity index (χ0n) is 11.5. The number of amides is 2. The summed E-state index contributed by atoms with van der Waals surface area (Å²) >= 11 is 0. The number of fused-ring (bicyclic) bond motifs is 1. The van der Waals surface area contributed by atoms with Crippen LogP contribution in [-0.2, 0) is 11.2 Å². The lowest BCUT2D eigenvalue weighted by Gasteiger charge is -2.24. The Bertz CT molecular complexity index is 511. The van der Waals surface area contributed by atoms with Crippen LogP contribution in [0.15, 0.2) is 18.2 Å². The average Bonchev–Trinajstić information content (AvgIpc) is 2.42. The van der Waals surface area contributed by atoms with Gasteiger partial charge in [-0.25, -0.2) is 0 Å².